The van der Waals surface area contributed by atoms with Gasteiger partial charge in [-0.25, -0.2) is 0 Å². The molecular formula is C18H27N3. The van der Waals surface area contributed by atoms with Crippen molar-refractivity contribution in [3.63, 3.8) is 0 Å². The summed E-state index contributed by atoms with van der Waals surface area (Å²) in [6.45, 7) is 12.7. The molecule has 1 atom stereocenters. The van der Waals surface area contributed by atoms with Crippen LogP contribution in [0.4, 0.5) is 0 Å². The molecule has 1 aromatic carbocycles. The Morgan fingerprint density at radius 3 is 2.62 bits per heavy atom. The van der Waals surface area contributed by atoms with Gasteiger partial charge >= 0.3 is 0 Å². The van der Waals surface area contributed by atoms with Gasteiger partial charge in [0.25, 0.3) is 0 Å². The first-order valence-corrected chi connectivity index (χ1v) is 7.89. The van der Waals surface area contributed by atoms with Crippen molar-refractivity contribution in [2.24, 2.45) is 0 Å². The zero-order valence-corrected chi connectivity index (χ0v) is 13.9. The van der Waals surface area contributed by atoms with Gasteiger partial charge in [0, 0.05) is 24.7 Å². The van der Waals surface area contributed by atoms with Crippen molar-refractivity contribution in [2.75, 3.05) is 6.54 Å². The highest BCUT2D eigenvalue weighted by Crippen LogP contribution is 2.24. The molecule has 0 aliphatic heterocycles. The number of rotatable bonds is 6. The van der Waals surface area contributed by atoms with Crippen LogP contribution in [-0.2, 0) is 13.0 Å². The average Bonchev–Trinajstić information content (AvgIpc) is 2.81. The Morgan fingerprint density at radius 2 is 1.95 bits per heavy atom. The summed E-state index contributed by atoms with van der Waals surface area (Å²) in [4.78, 5) is 0. The van der Waals surface area contributed by atoms with Gasteiger partial charge < -0.3 is 5.32 Å². The molecule has 2 rings (SSSR count). The molecule has 0 saturated heterocycles. The second-order valence-electron chi connectivity index (χ2n) is 5.70. The van der Waals surface area contributed by atoms with Gasteiger partial charge in [0.05, 0.1) is 5.69 Å². The minimum absolute atomic E-state index is 0.344. The maximum atomic E-state index is 4.56. The predicted molar refractivity (Wildman–Crippen MR) is 88.7 cm³/mol. The van der Waals surface area contributed by atoms with Crippen molar-refractivity contribution >= 4 is 0 Å². The van der Waals surface area contributed by atoms with Gasteiger partial charge in [-0.15, -0.1) is 0 Å². The van der Waals surface area contributed by atoms with Gasteiger partial charge in [0.2, 0.25) is 0 Å². The van der Waals surface area contributed by atoms with Crippen LogP contribution in [0.5, 0.6) is 0 Å². The molecule has 1 N–H and O–H groups in total. The van der Waals surface area contributed by atoms with Gasteiger partial charge in [-0.05, 0) is 57.0 Å². The molecule has 1 aromatic heterocycles. The maximum absolute atomic E-state index is 4.56. The number of nitrogens with one attached hydrogen (secondary N) is 1. The number of aromatic nitrogens is 2. The first-order chi connectivity index (χ1) is 10.1. The Hall–Kier alpha value is -1.61. The number of hydrogen-bond donors (Lipinski definition) is 1. The summed E-state index contributed by atoms with van der Waals surface area (Å²) < 4.78 is 2.12. The average molecular weight is 285 g/mol. The van der Waals surface area contributed by atoms with Crippen LogP contribution in [0.25, 0.3) is 0 Å². The molecule has 0 aliphatic rings. The zero-order valence-electron chi connectivity index (χ0n) is 13.9. The van der Waals surface area contributed by atoms with Crippen molar-refractivity contribution < 1.29 is 0 Å². The first-order valence-electron chi connectivity index (χ1n) is 7.89. The quantitative estimate of drug-likeness (QED) is 0.876. The smallest absolute Gasteiger partial charge is 0.0596 e. The van der Waals surface area contributed by atoms with Gasteiger partial charge in [-0.2, -0.15) is 5.10 Å². The summed E-state index contributed by atoms with van der Waals surface area (Å²) in [5, 5.41) is 8.20. The summed E-state index contributed by atoms with van der Waals surface area (Å²) in [7, 11) is 0. The lowest BCUT2D eigenvalue weighted by atomic mass is 9.94. The molecule has 3 heteroatoms. The van der Waals surface area contributed by atoms with E-state index in [0.717, 1.165) is 25.2 Å². The summed E-state index contributed by atoms with van der Waals surface area (Å²) in [6, 6.07) is 9.14. The van der Waals surface area contributed by atoms with E-state index in [9.17, 15) is 0 Å². The van der Waals surface area contributed by atoms with Crippen molar-refractivity contribution in [1.29, 1.82) is 0 Å². The normalized spacial score (nSPS) is 12.6. The molecule has 0 amide bonds. The van der Waals surface area contributed by atoms with Crippen LogP contribution < -0.4 is 5.32 Å². The largest absolute Gasteiger partial charge is 0.310 e. The molecule has 1 unspecified atom stereocenters. The van der Waals surface area contributed by atoms with Crippen LogP contribution in [0.15, 0.2) is 24.3 Å². The number of hydrogen-bond acceptors (Lipinski definition) is 2. The topological polar surface area (TPSA) is 29.9 Å². The van der Waals surface area contributed by atoms with Crippen molar-refractivity contribution in [2.45, 2.75) is 53.6 Å². The van der Waals surface area contributed by atoms with E-state index < -0.39 is 0 Å². The summed E-state index contributed by atoms with van der Waals surface area (Å²) in [5.41, 5.74) is 6.56. The summed E-state index contributed by atoms with van der Waals surface area (Å²) in [5.74, 6) is 0. The number of aryl methyl sites for hydroxylation is 3. The minimum Gasteiger partial charge on any atom is -0.310 e. The van der Waals surface area contributed by atoms with Gasteiger partial charge in [-0.1, -0.05) is 25.1 Å². The minimum atomic E-state index is 0.344. The van der Waals surface area contributed by atoms with Crippen molar-refractivity contribution in [1.82, 2.24) is 15.1 Å². The third-order valence-electron chi connectivity index (χ3n) is 4.17. The van der Waals surface area contributed by atoms with Crippen molar-refractivity contribution in [3.8, 4) is 0 Å². The molecule has 0 bridgehead atoms. The molecule has 21 heavy (non-hydrogen) atoms. The van der Waals surface area contributed by atoms with Gasteiger partial charge in [0.1, 0.15) is 0 Å². The molecule has 0 saturated carbocycles. The van der Waals surface area contributed by atoms with Crippen LogP contribution >= 0.6 is 0 Å². The Kier molecular flexibility index (Phi) is 5.18. The van der Waals surface area contributed by atoms with Crippen LogP contribution in [-0.4, -0.2) is 16.3 Å². The van der Waals surface area contributed by atoms with Gasteiger partial charge in [-0.3, -0.25) is 4.68 Å². The highest BCUT2D eigenvalue weighted by Gasteiger charge is 2.17. The van der Waals surface area contributed by atoms with E-state index in [-0.39, 0.29) is 0 Å². The van der Waals surface area contributed by atoms with E-state index >= 15 is 0 Å². The molecule has 0 radical (unpaired) electrons. The zero-order chi connectivity index (χ0) is 15.4. The maximum Gasteiger partial charge on any atom is 0.0596 e. The van der Waals surface area contributed by atoms with E-state index in [1.807, 2.05) is 0 Å². The fraction of sp³-hybridized carbons (Fsp3) is 0.500. The Bertz CT molecular complexity index is 599. The van der Waals surface area contributed by atoms with E-state index in [4.69, 9.17) is 0 Å². The Balaban J connectivity index is 2.33. The fourth-order valence-corrected chi connectivity index (χ4v) is 2.94. The number of benzene rings is 1. The number of likely N-dealkylation sites (N-methyl/N-ethyl adjacent to an activating group) is 1. The second-order valence-corrected chi connectivity index (χ2v) is 5.70. The molecule has 114 valence electrons. The van der Waals surface area contributed by atoms with Crippen molar-refractivity contribution in [3.05, 3.63) is 52.3 Å². The lowest BCUT2D eigenvalue weighted by molar-refractivity contribution is 0.514. The lowest BCUT2D eigenvalue weighted by Crippen LogP contribution is -2.25. The molecule has 0 aliphatic carbocycles. The monoisotopic (exact) mass is 285 g/mol. The predicted octanol–water partition coefficient (Wildman–Crippen LogP) is 3.72. The third kappa shape index (κ3) is 3.53. The van der Waals surface area contributed by atoms with Gasteiger partial charge in [0.15, 0.2) is 0 Å². The van der Waals surface area contributed by atoms with Crippen LogP contribution in [0, 0.1) is 20.8 Å². The van der Waals surface area contributed by atoms with Crippen LogP contribution in [0.1, 0.15) is 48.0 Å². The lowest BCUT2D eigenvalue weighted by Gasteiger charge is -2.21. The summed E-state index contributed by atoms with van der Waals surface area (Å²) in [6.07, 6.45) is 0.979. The highest BCUT2D eigenvalue weighted by atomic mass is 15.3. The van der Waals surface area contributed by atoms with E-state index in [1.54, 1.807) is 0 Å². The van der Waals surface area contributed by atoms with E-state index in [0.29, 0.717) is 6.04 Å². The first kappa shape index (κ1) is 15.8. The van der Waals surface area contributed by atoms with Crippen LogP contribution in [0.2, 0.25) is 0 Å². The molecule has 3 nitrogen and oxygen atoms in total. The fourth-order valence-electron chi connectivity index (χ4n) is 2.94. The molecule has 0 fully saturated rings. The third-order valence-corrected chi connectivity index (χ3v) is 4.17. The van der Waals surface area contributed by atoms with E-state index in [1.165, 1.54) is 22.4 Å². The summed E-state index contributed by atoms with van der Waals surface area (Å²) >= 11 is 0. The molecule has 2 aromatic rings. The standard InChI is InChI=1S/C18H27N3/c1-6-19-18(17-10-8-9-13(3)15(17)5)12-16-11-14(4)20-21(16)7-2/h8-11,18-19H,6-7,12H2,1-5H3. The number of nitrogens with zero attached hydrogens (tertiary/aromatic N) is 2. The Morgan fingerprint density at radius 1 is 1.19 bits per heavy atom. The Labute approximate surface area is 128 Å². The van der Waals surface area contributed by atoms with Crippen LogP contribution in [0.3, 0.4) is 0 Å². The second kappa shape index (κ2) is 6.90. The highest BCUT2D eigenvalue weighted by molar-refractivity contribution is 5.36. The molecule has 0 spiro atoms. The SMILES string of the molecule is CCNC(Cc1cc(C)nn1CC)c1cccc(C)c1C. The van der Waals surface area contributed by atoms with E-state index in [2.05, 4.69) is 74.0 Å². The molecular weight excluding hydrogens is 258 g/mol. The molecule has 1 heterocycles.